The molecule has 0 spiro atoms. The SMILES string of the molecule is O=C(CCn1c(=O)[nH]c2ccccc21)NCCc1nc2c(s1)CCCC2. The minimum atomic E-state index is -0.174. The molecule has 0 fully saturated rings. The lowest BCUT2D eigenvalue weighted by Gasteiger charge is -2.06. The Labute approximate surface area is 155 Å². The van der Waals surface area contributed by atoms with Crippen LogP contribution >= 0.6 is 11.3 Å². The Balaban J connectivity index is 1.28. The standard InChI is InChI=1S/C19H22N4O2S/c24-17(10-12-23-15-7-3-1-5-13(15)22-19(23)25)20-11-9-18-21-14-6-2-4-8-16(14)26-18/h1,3,5,7H,2,4,6,8-12H2,(H,20,24)(H,22,25). The van der Waals surface area contributed by atoms with E-state index in [9.17, 15) is 9.59 Å². The zero-order valence-corrected chi connectivity index (χ0v) is 15.4. The van der Waals surface area contributed by atoms with Gasteiger partial charge in [-0.05, 0) is 37.8 Å². The van der Waals surface area contributed by atoms with Crippen LogP contribution in [0, 0.1) is 0 Å². The van der Waals surface area contributed by atoms with Gasteiger partial charge in [-0.25, -0.2) is 9.78 Å². The van der Waals surface area contributed by atoms with Crippen molar-refractivity contribution in [1.82, 2.24) is 19.9 Å². The van der Waals surface area contributed by atoms with Gasteiger partial charge in [0.15, 0.2) is 0 Å². The Bertz CT molecular complexity index is 961. The zero-order chi connectivity index (χ0) is 17.9. The highest BCUT2D eigenvalue weighted by molar-refractivity contribution is 7.11. The second-order valence-electron chi connectivity index (χ2n) is 6.63. The van der Waals surface area contributed by atoms with Gasteiger partial charge in [-0.1, -0.05) is 12.1 Å². The van der Waals surface area contributed by atoms with E-state index < -0.39 is 0 Å². The molecule has 0 bridgehead atoms. The van der Waals surface area contributed by atoms with Crippen molar-refractivity contribution >= 4 is 28.3 Å². The lowest BCUT2D eigenvalue weighted by Crippen LogP contribution is -2.28. The Kier molecular flexibility index (Phi) is 4.88. The van der Waals surface area contributed by atoms with E-state index in [4.69, 9.17) is 4.98 Å². The quantitative estimate of drug-likeness (QED) is 0.699. The summed E-state index contributed by atoms with van der Waals surface area (Å²) in [6, 6.07) is 7.52. The second kappa shape index (κ2) is 7.45. The fourth-order valence-corrected chi connectivity index (χ4v) is 4.61. The van der Waals surface area contributed by atoms with E-state index in [2.05, 4.69) is 10.3 Å². The summed E-state index contributed by atoms with van der Waals surface area (Å²) < 4.78 is 1.61. The molecule has 1 aromatic carbocycles. The van der Waals surface area contributed by atoms with Gasteiger partial charge < -0.3 is 10.3 Å². The molecule has 136 valence electrons. The van der Waals surface area contributed by atoms with Crippen LogP contribution < -0.4 is 11.0 Å². The number of para-hydroxylation sites is 2. The average molecular weight is 370 g/mol. The fraction of sp³-hybridized carbons (Fsp3) is 0.421. The topological polar surface area (TPSA) is 79.8 Å². The number of aromatic nitrogens is 3. The average Bonchev–Trinajstić information content (AvgIpc) is 3.19. The number of nitrogens with one attached hydrogen (secondary N) is 2. The van der Waals surface area contributed by atoms with Gasteiger partial charge in [-0.2, -0.15) is 0 Å². The molecule has 1 amide bonds. The highest BCUT2D eigenvalue weighted by Gasteiger charge is 2.15. The van der Waals surface area contributed by atoms with Crippen LogP contribution in [0.5, 0.6) is 0 Å². The van der Waals surface area contributed by atoms with E-state index in [0.717, 1.165) is 35.3 Å². The third kappa shape index (κ3) is 3.58. The maximum atomic E-state index is 12.1. The van der Waals surface area contributed by atoms with Crippen molar-refractivity contribution in [3.8, 4) is 0 Å². The molecule has 0 aliphatic heterocycles. The lowest BCUT2D eigenvalue weighted by molar-refractivity contribution is -0.121. The van der Waals surface area contributed by atoms with Crippen LogP contribution in [-0.4, -0.2) is 27.0 Å². The molecular formula is C19H22N4O2S. The van der Waals surface area contributed by atoms with Gasteiger partial charge in [0.25, 0.3) is 0 Å². The van der Waals surface area contributed by atoms with Crippen LogP contribution in [0.2, 0.25) is 0 Å². The number of benzene rings is 1. The highest BCUT2D eigenvalue weighted by Crippen LogP contribution is 2.26. The molecule has 0 atom stereocenters. The fourth-order valence-electron chi connectivity index (χ4n) is 3.45. The number of fused-ring (bicyclic) bond motifs is 2. The van der Waals surface area contributed by atoms with E-state index in [0.29, 0.717) is 13.1 Å². The Morgan fingerprint density at radius 2 is 2.12 bits per heavy atom. The first-order valence-electron chi connectivity index (χ1n) is 9.12. The predicted molar refractivity (Wildman–Crippen MR) is 103 cm³/mol. The summed E-state index contributed by atoms with van der Waals surface area (Å²) in [5.41, 5.74) is 2.72. The van der Waals surface area contributed by atoms with Crippen LogP contribution in [-0.2, 0) is 30.6 Å². The van der Waals surface area contributed by atoms with E-state index in [1.807, 2.05) is 24.3 Å². The summed E-state index contributed by atoms with van der Waals surface area (Å²) in [5.74, 6) is -0.0384. The number of nitrogens with zero attached hydrogens (tertiary/aromatic N) is 2. The van der Waals surface area contributed by atoms with Crippen molar-refractivity contribution in [3.63, 3.8) is 0 Å². The van der Waals surface area contributed by atoms with E-state index in [1.165, 1.54) is 23.4 Å². The number of hydrogen-bond donors (Lipinski definition) is 2. The van der Waals surface area contributed by atoms with Crippen LogP contribution in [0.1, 0.15) is 34.8 Å². The monoisotopic (exact) mass is 370 g/mol. The molecule has 1 aliphatic rings. The van der Waals surface area contributed by atoms with Gasteiger partial charge in [0.1, 0.15) is 0 Å². The molecule has 4 rings (SSSR count). The summed E-state index contributed by atoms with van der Waals surface area (Å²) in [6.45, 7) is 0.967. The number of aryl methyl sites for hydroxylation is 3. The third-order valence-corrected chi connectivity index (χ3v) is 6.01. The Morgan fingerprint density at radius 1 is 1.27 bits per heavy atom. The van der Waals surface area contributed by atoms with Gasteiger partial charge in [0.05, 0.1) is 21.7 Å². The van der Waals surface area contributed by atoms with Gasteiger partial charge in [0, 0.05) is 30.8 Å². The van der Waals surface area contributed by atoms with Crippen molar-refractivity contribution < 1.29 is 4.79 Å². The number of thiazole rings is 1. The normalized spacial score (nSPS) is 13.7. The molecule has 0 saturated carbocycles. The van der Waals surface area contributed by atoms with Gasteiger partial charge in [-0.15, -0.1) is 11.3 Å². The molecule has 2 N–H and O–H groups in total. The van der Waals surface area contributed by atoms with Crippen LogP contribution in [0.4, 0.5) is 0 Å². The van der Waals surface area contributed by atoms with E-state index in [1.54, 1.807) is 15.9 Å². The molecule has 6 nitrogen and oxygen atoms in total. The molecular weight excluding hydrogens is 348 g/mol. The number of hydrogen-bond acceptors (Lipinski definition) is 4. The first-order chi connectivity index (χ1) is 12.7. The summed E-state index contributed by atoms with van der Waals surface area (Å²) in [4.78, 5) is 33.1. The molecule has 0 radical (unpaired) electrons. The molecule has 2 aromatic heterocycles. The highest BCUT2D eigenvalue weighted by atomic mass is 32.1. The van der Waals surface area contributed by atoms with Crippen molar-refractivity contribution in [2.24, 2.45) is 0 Å². The number of H-pyrrole nitrogens is 1. The van der Waals surface area contributed by atoms with Crippen molar-refractivity contribution in [2.75, 3.05) is 6.54 Å². The van der Waals surface area contributed by atoms with E-state index >= 15 is 0 Å². The summed E-state index contributed by atoms with van der Waals surface area (Å²) in [5, 5.41) is 4.06. The summed E-state index contributed by atoms with van der Waals surface area (Å²) >= 11 is 1.79. The number of carbonyl (C=O) groups is 1. The molecule has 0 saturated heterocycles. The largest absolute Gasteiger partial charge is 0.356 e. The number of rotatable bonds is 6. The molecule has 7 heteroatoms. The van der Waals surface area contributed by atoms with Crippen LogP contribution in [0.25, 0.3) is 11.0 Å². The smallest absolute Gasteiger partial charge is 0.326 e. The van der Waals surface area contributed by atoms with Crippen molar-refractivity contribution in [2.45, 2.75) is 45.1 Å². The summed E-state index contributed by atoms with van der Waals surface area (Å²) in [6.07, 6.45) is 5.81. The number of aromatic amines is 1. The maximum Gasteiger partial charge on any atom is 0.326 e. The van der Waals surface area contributed by atoms with Gasteiger partial charge >= 0.3 is 5.69 Å². The van der Waals surface area contributed by atoms with Gasteiger partial charge in [-0.3, -0.25) is 9.36 Å². The molecule has 26 heavy (non-hydrogen) atoms. The molecule has 3 aromatic rings. The third-order valence-electron chi connectivity index (χ3n) is 4.80. The van der Waals surface area contributed by atoms with Crippen molar-refractivity contribution in [1.29, 1.82) is 0 Å². The van der Waals surface area contributed by atoms with Gasteiger partial charge in [0.2, 0.25) is 5.91 Å². The lowest BCUT2D eigenvalue weighted by atomic mass is 10.0. The van der Waals surface area contributed by atoms with Crippen LogP contribution in [0.3, 0.4) is 0 Å². The number of amides is 1. The minimum absolute atomic E-state index is 0.0384. The Morgan fingerprint density at radius 3 is 3.00 bits per heavy atom. The zero-order valence-electron chi connectivity index (χ0n) is 14.6. The first-order valence-corrected chi connectivity index (χ1v) is 9.94. The molecule has 1 aliphatic carbocycles. The van der Waals surface area contributed by atoms with E-state index in [-0.39, 0.29) is 18.0 Å². The predicted octanol–water partition coefficient (Wildman–Crippen LogP) is 2.41. The summed E-state index contributed by atoms with van der Waals surface area (Å²) in [7, 11) is 0. The first kappa shape index (κ1) is 17.0. The maximum absolute atomic E-state index is 12.1. The number of carbonyl (C=O) groups excluding carboxylic acids is 1. The van der Waals surface area contributed by atoms with Crippen molar-refractivity contribution in [3.05, 3.63) is 50.3 Å². The molecule has 0 unspecified atom stereocenters. The van der Waals surface area contributed by atoms with Crippen LogP contribution in [0.15, 0.2) is 29.1 Å². The molecule has 2 heterocycles. The Hall–Kier alpha value is -2.41. The minimum Gasteiger partial charge on any atom is -0.356 e. The second-order valence-corrected chi connectivity index (χ2v) is 7.80. The number of imidazole rings is 1.